The lowest BCUT2D eigenvalue weighted by atomic mass is 10.2. The second kappa shape index (κ2) is 5.05. The van der Waals surface area contributed by atoms with Crippen molar-refractivity contribution in [2.75, 3.05) is 7.05 Å². The molecule has 0 N–H and O–H groups in total. The van der Waals surface area contributed by atoms with Gasteiger partial charge >= 0.3 is 0 Å². The van der Waals surface area contributed by atoms with Gasteiger partial charge in [-0.1, -0.05) is 18.2 Å². The number of aryl methyl sites for hydroxylation is 1. The molecular formula is C14H13N3O2S. The molecule has 5 nitrogen and oxygen atoms in total. The van der Waals surface area contributed by atoms with Crippen LogP contribution < -0.4 is 0 Å². The number of hydrogen-bond acceptors (Lipinski definition) is 5. The van der Waals surface area contributed by atoms with Crippen molar-refractivity contribution in [3.8, 4) is 0 Å². The van der Waals surface area contributed by atoms with Crippen LogP contribution >= 0.6 is 11.3 Å². The minimum atomic E-state index is -0.0398. The van der Waals surface area contributed by atoms with E-state index in [0.29, 0.717) is 23.2 Å². The zero-order chi connectivity index (χ0) is 14.1. The van der Waals surface area contributed by atoms with Crippen LogP contribution in [0.15, 0.2) is 34.7 Å². The third-order valence-electron chi connectivity index (χ3n) is 2.92. The topological polar surface area (TPSA) is 59.2 Å². The number of fused-ring (bicyclic) bond motifs is 1. The van der Waals surface area contributed by atoms with Crippen LogP contribution in [0, 0.1) is 6.92 Å². The number of carbonyl (C=O) groups excluding carboxylic acids is 1. The van der Waals surface area contributed by atoms with Crippen LogP contribution in [0.1, 0.15) is 21.5 Å². The molecular weight excluding hydrogens is 274 g/mol. The zero-order valence-electron chi connectivity index (χ0n) is 11.2. The third kappa shape index (κ3) is 2.42. The summed E-state index contributed by atoms with van der Waals surface area (Å²) in [5.41, 5.74) is 0. The fraction of sp³-hybridized carbons (Fsp3) is 0.214. The van der Waals surface area contributed by atoms with Crippen LogP contribution in [0.4, 0.5) is 0 Å². The van der Waals surface area contributed by atoms with Gasteiger partial charge in [-0.25, -0.2) is 0 Å². The van der Waals surface area contributed by atoms with Crippen molar-refractivity contribution in [1.82, 2.24) is 15.1 Å². The summed E-state index contributed by atoms with van der Waals surface area (Å²) in [6.45, 7) is 2.04. The molecule has 2 aromatic heterocycles. The normalized spacial score (nSPS) is 10.9. The molecule has 0 saturated heterocycles. The molecule has 0 aliphatic heterocycles. The van der Waals surface area contributed by atoms with Crippen LogP contribution in [0.25, 0.3) is 10.1 Å². The minimum Gasteiger partial charge on any atom is -0.424 e. The first-order valence-electron chi connectivity index (χ1n) is 6.16. The number of rotatable bonds is 3. The SMILES string of the molecule is Cc1nnc(CN(C)C(=O)c2cc3ccccc3s2)o1. The van der Waals surface area contributed by atoms with Crippen molar-refractivity contribution in [2.45, 2.75) is 13.5 Å². The van der Waals surface area contributed by atoms with Crippen molar-refractivity contribution in [3.63, 3.8) is 0 Å². The summed E-state index contributed by atoms with van der Waals surface area (Å²) in [4.78, 5) is 14.7. The van der Waals surface area contributed by atoms with Crippen LogP contribution in [-0.2, 0) is 6.54 Å². The Bertz CT molecular complexity index is 729. The summed E-state index contributed by atoms with van der Waals surface area (Å²) in [5, 5.41) is 8.74. The van der Waals surface area contributed by atoms with Gasteiger partial charge in [-0.3, -0.25) is 4.79 Å². The van der Waals surface area contributed by atoms with Crippen molar-refractivity contribution in [3.05, 3.63) is 47.0 Å². The van der Waals surface area contributed by atoms with E-state index in [1.807, 2.05) is 30.3 Å². The maximum Gasteiger partial charge on any atom is 0.264 e. The first-order chi connectivity index (χ1) is 9.63. The quantitative estimate of drug-likeness (QED) is 0.743. The van der Waals surface area contributed by atoms with Gasteiger partial charge in [-0.2, -0.15) is 0 Å². The Morgan fingerprint density at radius 2 is 2.15 bits per heavy atom. The predicted octanol–water partition coefficient (Wildman–Crippen LogP) is 2.86. The van der Waals surface area contributed by atoms with E-state index in [2.05, 4.69) is 10.2 Å². The predicted molar refractivity (Wildman–Crippen MR) is 76.7 cm³/mol. The van der Waals surface area contributed by atoms with Crippen LogP contribution in [0.3, 0.4) is 0 Å². The number of aromatic nitrogens is 2. The third-order valence-corrected chi connectivity index (χ3v) is 4.03. The Hall–Kier alpha value is -2.21. The van der Waals surface area contributed by atoms with Crippen molar-refractivity contribution >= 4 is 27.3 Å². The van der Waals surface area contributed by atoms with E-state index in [0.717, 1.165) is 10.1 Å². The molecule has 2 heterocycles. The Kier molecular flexibility index (Phi) is 3.23. The maximum atomic E-state index is 12.4. The molecule has 20 heavy (non-hydrogen) atoms. The van der Waals surface area contributed by atoms with E-state index in [1.165, 1.54) is 11.3 Å². The highest BCUT2D eigenvalue weighted by molar-refractivity contribution is 7.20. The standard InChI is InChI=1S/C14H13N3O2S/c1-9-15-16-13(19-9)8-17(2)14(18)12-7-10-5-3-4-6-11(10)20-12/h3-7H,8H2,1-2H3. The van der Waals surface area contributed by atoms with Crippen molar-refractivity contribution in [2.24, 2.45) is 0 Å². The summed E-state index contributed by atoms with van der Waals surface area (Å²) < 4.78 is 6.40. The summed E-state index contributed by atoms with van der Waals surface area (Å²) in [6.07, 6.45) is 0. The van der Waals surface area contributed by atoms with Gasteiger partial charge in [0.2, 0.25) is 11.8 Å². The van der Waals surface area contributed by atoms with Gasteiger partial charge in [0.1, 0.15) is 0 Å². The first kappa shape index (κ1) is 12.8. The van der Waals surface area contributed by atoms with Gasteiger partial charge in [-0.05, 0) is 17.5 Å². The smallest absolute Gasteiger partial charge is 0.264 e. The fourth-order valence-corrected chi connectivity index (χ4v) is 3.01. The summed E-state index contributed by atoms with van der Waals surface area (Å²) in [5.74, 6) is 0.907. The molecule has 0 radical (unpaired) electrons. The van der Waals surface area contributed by atoms with Crippen LogP contribution in [0.5, 0.6) is 0 Å². The first-order valence-corrected chi connectivity index (χ1v) is 6.98. The number of benzene rings is 1. The zero-order valence-corrected chi connectivity index (χ0v) is 12.0. The highest BCUT2D eigenvalue weighted by Crippen LogP contribution is 2.26. The molecule has 3 aromatic rings. The van der Waals surface area contributed by atoms with E-state index in [1.54, 1.807) is 18.9 Å². The van der Waals surface area contributed by atoms with Gasteiger partial charge in [0.15, 0.2) is 0 Å². The molecule has 0 atom stereocenters. The molecule has 1 aromatic carbocycles. The van der Waals surface area contributed by atoms with E-state index in [-0.39, 0.29) is 5.91 Å². The highest BCUT2D eigenvalue weighted by Gasteiger charge is 2.17. The van der Waals surface area contributed by atoms with E-state index in [4.69, 9.17) is 4.42 Å². The lowest BCUT2D eigenvalue weighted by molar-refractivity contribution is 0.0777. The molecule has 0 aliphatic rings. The summed E-state index contributed by atoms with van der Waals surface area (Å²) in [7, 11) is 1.73. The lowest BCUT2D eigenvalue weighted by Crippen LogP contribution is -2.25. The van der Waals surface area contributed by atoms with Crippen LogP contribution in [0.2, 0.25) is 0 Å². The molecule has 0 spiro atoms. The second-order valence-electron chi connectivity index (χ2n) is 4.52. The van der Waals surface area contributed by atoms with Gasteiger partial charge in [0, 0.05) is 18.7 Å². The molecule has 0 aliphatic carbocycles. The molecule has 6 heteroatoms. The molecule has 0 saturated carbocycles. The fourth-order valence-electron chi connectivity index (χ4n) is 1.95. The van der Waals surface area contributed by atoms with Gasteiger partial charge in [-0.15, -0.1) is 21.5 Å². The molecule has 1 amide bonds. The van der Waals surface area contributed by atoms with E-state index >= 15 is 0 Å². The summed E-state index contributed by atoms with van der Waals surface area (Å²) in [6, 6.07) is 9.87. The number of hydrogen-bond donors (Lipinski definition) is 0. The van der Waals surface area contributed by atoms with Gasteiger partial charge in [0.05, 0.1) is 11.4 Å². The van der Waals surface area contributed by atoms with E-state index in [9.17, 15) is 4.79 Å². The van der Waals surface area contributed by atoms with Crippen molar-refractivity contribution in [1.29, 1.82) is 0 Å². The highest BCUT2D eigenvalue weighted by atomic mass is 32.1. The Labute approximate surface area is 119 Å². The molecule has 0 fully saturated rings. The monoisotopic (exact) mass is 287 g/mol. The Balaban J connectivity index is 1.80. The lowest BCUT2D eigenvalue weighted by Gasteiger charge is -2.13. The minimum absolute atomic E-state index is 0.0398. The molecule has 0 bridgehead atoms. The van der Waals surface area contributed by atoms with Gasteiger partial charge < -0.3 is 9.32 Å². The molecule has 102 valence electrons. The van der Waals surface area contributed by atoms with E-state index < -0.39 is 0 Å². The molecule has 0 unspecified atom stereocenters. The Morgan fingerprint density at radius 3 is 2.85 bits per heavy atom. The second-order valence-corrected chi connectivity index (χ2v) is 5.61. The number of thiophene rings is 1. The average molecular weight is 287 g/mol. The van der Waals surface area contributed by atoms with Crippen molar-refractivity contribution < 1.29 is 9.21 Å². The Morgan fingerprint density at radius 1 is 1.35 bits per heavy atom. The number of nitrogens with zero attached hydrogens (tertiary/aromatic N) is 3. The average Bonchev–Trinajstić information content (AvgIpc) is 3.03. The van der Waals surface area contributed by atoms with Gasteiger partial charge in [0.25, 0.3) is 5.91 Å². The number of carbonyl (C=O) groups is 1. The van der Waals surface area contributed by atoms with Crippen LogP contribution in [-0.4, -0.2) is 28.1 Å². The summed E-state index contributed by atoms with van der Waals surface area (Å²) >= 11 is 1.49. The molecule has 3 rings (SSSR count). The maximum absolute atomic E-state index is 12.4. The largest absolute Gasteiger partial charge is 0.424 e. The number of amides is 1.